The molecule has 0 radical (unpaired) electrons. The van der Waals surface area contributed by atoms with Gasteiger partial charge in [-0.3, -0.25) is 0 Å². The van der Waals surface area contributed by atoms with Crippen molar-refractivity contribution in [1.29, 1.82) is 0 Å². The molecule has 1 aliphatic rings. The number of pyridine rings is 1. The summed E-state index contributed by atoms with van der Waals surface area (Å²) in [5.74, 6) is 0.720. The van der Waals surface area contributed by atoms with Crippen LogP contribution in [0.5, 0.6) is 0 Å². The number of methoxy groups -OCH3 is 1. The Balaban J connectivity index is 2.06. The molecule has 0 aliphatic carbocycles. The minimum Gasteiger partial charge on any atom is -0.467 e. The van der Waals surface area contributed by atoms with Gasteiger partial charge in [-0.05, 0) is 30.7 Å². The molecule has 1 atom stereocenters. The number of carbonyl (C=O) groups excluding carboxylic acids is 1. The summed E-state index contributed by atoms with van der Waals surface area (Å²) in [5.41, 5.74) is 0. The lowest BCUT2D eigenvalue weighted by atomic mass is 10.0. The summed E-state index contributed by atoms with van der Waals surface area (Å²) >= 11 is 0. The van der Waals surface area contributed by atoms with Gasteiger partial charge in [-0.15, -0.1) is 0 Å². The SMILES string of the molecule is COC(=O)C1CCCCN1c1nccc2ccccc12. The highest BCUT2D eigenvalue weighted by Crippen LogP contribution is 2.29. The summed E-state index contributed by atoms with van der Waals surface area (Å²) in [6.07, 6.45) is 4.78. The van der Waals surface area contributed by atoms with Crippen molar-refractivity contribution in [3.05, 3.63) is 36.5 Å². The van der Waals surface area contributed by atoms with Crippen LogP contribution >= 0.6 is 0 Å². The summed E-state index contributed by atoms with van der Waals surface area (Å²) in [4.78, 5) is 18.6. The quantitative estimate of drug-likeness (QED) is 0.787. The summed E-state index contributed by atoms with van der Waals surface area (Å²) < 4.78 is 4.95. The average Bonchev–Trinajstić information content (AvgIpc) is 2.53. The molecule has 1 aromatic carbocycles. The van der Waals surface area contributed by atoms with E-state index in [2.05, 4.69) is 22.0 Å². The van der Waals surface area contributed by atoms with E-state index < -0.39 is 0 Å². The van der Waals surface area contributed by atoms with Gasteiger partial charge in [0.15, 0.2) is 0 Å². The standard InChI is InChI=1S/C16H18N2O2/c1-20-16(19)14-8-4-5-11-18(14)15-13-7-3-2-6-12(13)9-10-17-15/h2-3,6-7,9-10,14H,4-5,8,11H2,1H3. The van der Waals surface area contributed by atoms with E-state index in [-0.39, 0.29) is 12.0 Å². The molecule has 4 heteroatoms. The number of carbonyl (C=O) groups is 1. The minimum atomic E-state index is -0.216. The van der Waals surface area contributed by atoms with Crippen molar-refractivity contribution in [2.24, 2.45) is 0 Å². The van der Waals surface area contributed by atoms with E-state index in [1.54, 1.807) is 6.20 Å². The summed E-state index contributed by atoms with van der Waals surface area (Å²) in [6.45, 7) is 0.848. The largest absolute Gasteiger partial charge is 0.467 e. The van der Waals surface area contributed by atoms with Crippen LogP contribution in [0.15, 0.2) is 36.5 Å². The van der Waals surface area contributed by atoms with Crippen molar-refractivity contribution >= 4 is 22.6 Å². The summed E-state index contributed by atoms with van der Waals surface area (Å²) in [7, 11) is 1.45. The molecule has 20 heavy (non-hydrogen) atoms. The van der Waals surface area contributed by atoms with Crippen molar-refractivity contribution in [2.45, 2.75) is 25.3 Å². The van der Waals surface area contributed by atoms with E-state index in [0.29, 0.717) is 0 Å². The van der Waals surface area contributed by atoms with E-state index in [0.717, 1.165) is 42.4 Å². The molecule has 1 fully saturated rings. The Kier molecular flexibility index (Phi) is 3.54. The molecule has 0 N–H and O–H groups in total. The van der Waals surface area contributed by atoms with Crippen LogP contribution in [0.3, 0.4) is 0 Å². The van der Waals surface area contributed by atoms with Gasteiger partial charge in [-0.25, -0.2) is 9.78 Å². The molecule has 2 aromatic rings. The molecular weight excluding hydrogens is 252 g/mol. The van der Waals surface area contributed by atoms with Gasteiger partial charge in [-0.1, -0.05) is 24.3 Å². The van der Waals surface area contributed by atoms with Gasteiger partial charge in [0, 0.05) is 18.1 Å². The summed E-state index contributed by atoms with van der Waals surface area (Å²) in [5, 5.41) is 2.23. The monoisotopic (exact) mass is 270 g/mol. The number of esters is 1. The Bertz CT molecular complexity index is 621. The van der Waals surface area contributed by atoms with Crippen LogP contribution < -0.4 is 4.90 Å². The lowest BCUT2D eigenvalue weighted by Crippen LogP contribution is -2.45. The number of anilines is 1. The first-order chi connectivity index (χ1) is 9.81. The van der Waals surface area contributed by atoms with E-state index in [1.807, 2.05) is 18.2 Å². The van der Waals surface area contributed by atoms with Crippen LogP contribution in [0, 0.1) is 0 Å². The van der Waals surface area contributed by atoms with Gasteiger partial charge in [-0.2, -0.15) is 0 Å². The maximum absolute atomic E-state index is 12.0. The highest BCUT2D eigenvalue weighted by Gasteiger charge is 2.31. The van der Waals surface area contributed by atoms with Gasteiger partial charge in [0.1, 0.15) is 11.9 Å². The van der Waals surface area contributed by atoms with Crippen LogP contribution in [0.25, 0.3) is 10.8 Å². The number of hydrogen-bond donors (Lipinski definition) is 0. The van der Waals surface area contributed by atoms with Crippen LogP contribution in [0.4, 0.5) is 5.82 Å². The van der Waals surface area contributed by atoms with Crippen LogP contribution in [-0.2, 0) is 9.53 Å². The highest BCUT2D eigenvalue weighted by atomic mass is 16.5. The zero-order chi connectivity index (χ0) is 13.9. The topological polar surface area (TPSA) is 42.4 Å². The Morgan fingerprint density at radius 2 is 2.15 bits per heavy atom. The first-order valence-corrected chi connectivity index (χ1v) is 6.99. The van der Waals surface area contributed by atoms with Gasteiger partial charge in [0.2, 0.25) is 0 Å². The molecule has 2 heterocycles. The third kappa shape index (κ3) is 2.22. The molecule has 104 valence electrons. The summed E-state index contributed by atoms with van der Waals surface area (Å²) in [6, 6.07) is 9.92. The second kappa shape index (κ2) is 5.49. The van der Waals surface area contributed by atoms with Gasteiger partial charge in [0.05, 0.1) is 7.11 Å². The molecule has 1 aromatic heterocycles. The lowest BCUT2D eigenvalue weighted by Gasteiger charge is -2.35. The molecule has 1 unspecified atom stereocenters. The van der Waals surface area contributed by atoms with Crippen molar-refractivity contribution < 1.29 is 9.53 Å². The predicted molar refractivity (Wildman–Crippen MR) is 78.7 cm³/mol. The van der Waals surface area contributed by atoms with E-state index in [9.17, 15) is 4.79 Å². The van der Waals surface area contributed by atoms with Crippen molar-refractivity contribution in [3.63, 3.8) is 0 Å². The second-order valence-corrected chi connectivity index (χ2v) is 5.08. The van der Waals surface area contributed by atoms with Crippen molar-refractivity contribution in [3.8, 4) is 0 Å². The molecular formula is C16H18N2O2. The van der Waals surface area contributed by atoms with E-state index >= 15 is 0 Å². The number of hydrogen-bond acceptors (Lipinski definition) is 4. The van der Waals surface area contributed by atoms with Crippen molar-refractivity contribution in [2.75, 3.05) is 18.6 Å². The number of rotatable bonds is 2. The number of benzene rings is 1. The Labute approximate surface area is 118 Å². The number of nitrogens with zero attached hydrogens (tertiary/aromatic N) is 2. The molecule has 0 bridgehead atoms. The van der Waals surface area contributed by atoms with E-state index in [1.165, 1.54) is 7.11 Å². The average molecular weight is 270 g/mol. The van der Waals surface area contributed by atoms with Gasteiger partial charge < -0.3 is 9.64 Å². The van der Waals surface area contributed by atoms with Crippen LogP contribution in [-0.4, -0.2) is 30.6 Å². The fourth-order valence-electron chi connectivity index (χ4n) is 2.90. The Morgan fingerprint density at radius 1 is 1.30 bits per heavy atom. The number of aromatic nitrogens is 1. The van der Waals surface area contributed by atoms with Gasteiger partial charge in [0.25, 0.3) is 0 Å². The molecule has 4 nitrogen and oxygen atoms in total. The lowest BCUT2D eigenvalue weighted by molar-refractivity contribution is -0.142. The molecule has 0 spiro atoms. The maximum Gasteiger partial charge on any atom is 0.328 e. The number of fused-ring (bicyclic) bond motifs is 1. The highest BCUT2D eigenvalue weighted by molar-refractivity contribution is 5.94. The first-order valence-electron chi connectivity index (χ1n) is 6.99. The van der Waals surface area contributed by atoms with Crippen LogP contribution in [0.2, 0.25) is 0 Å². The van der Waals surface area contributed by atoms with Crippen molar-refractivity contribution in [1.82, 2.24) is 4.98 Å². The fourth-order valence-corrected chi connectivity index (χ4v) is 2.90. The Hall–Kier alpha value is -2.10. The third-order valence-corrected chi connectivity index (χ3v) is 3.90. The van der Waals surface area contributed by atoms with Gasteiger partial charge >= 0.3 is 5.97 Å². The van der Waals surface area contributed by atoms with E-state index in [4.69, 9.17) is 4.74 Å². The first kappa shape index (κ1) is 12.9. The predicted octanol–water partition coefficient (Wildman–Crippen LogP) is 2.77. The fraction of sp³-hybridized carbons (Fsp3) is 0.375. The molecule has 0 amide bonds. The van der Waals surface area contributed by atoms with Crippen LogP contribution in [0.1, 0.15) is 19.3 Å². The molecule has 0 saturated carbocycles. The zero-order valence-corrected chi connectivity index (χ0v) is 11.6. The molecule has 1 saturated heterocycles. The normalized spacial score (nSPS) is 19.1. The smallest absolute Gasteiger partial charge is 0.328 e. The number of ether oxygens (including phenoxy) is 1. The molecule has 3 rings (SSSR count). The zero-order valence-electron chi connectivity index (χ0n) is 11.6. The third-order valence-electron chi connectivity index (χ3n) is 3.90. The molecule has 1 aliphatic heterocycles. The maximum atomic E-state index is 12.0. The number of piperidine rings is 1. The Morgan fingerprint density at radius 3 is 3.00 bits per heavy atom. The second-order valence-electron chi connectivity index (χ2n) is 5.08. The minimum absolute atomic E-state index is 0.167.